The smallest absolute Gasteiger partial charge is 0.273 e. The minimum atomic E-state index is -0.463. The highest BCUT2D eigenvalue weighted by molar-refractivity contribution is 6.07. The first-order valence-corrected chi connectivity index (χ1v) is 7.22. The summed E-state index contributed by atoms with van der Waals surface area (Å²) in [6.45, 7) is 1.72. The normalized spacial score (nSPS) is 11.5. The number of carbonyl (C=O) groups excluding carboxylic acids is 1. The molecule has 0 aliphatic carbocycles. The molecule has 120 valence electrons. The van der Waals surface area contributed by atoms with Crippen LogP contribution in [0.1, 0.15) is 22.8 Å². The molecule has 2 N–H and O–H groups in total. The molecule has 0 spiro atoms. The first kappa shape index (κ1) is 15.4. The summed E-state index contributed by atoms with van der Waals surface area (Å²) in [6.07, 6.45) is 1.64. The van der Waals surface area contributed by atoms with Gasteiger partial charge in [0.1, 0.15) is 0 Å². The molecule has 0 aliphatic rings. The van der Waals surface area contributed by atoms with Crippen molar-refractivity contribution in [2.75, 3.05) is 0 Å². The van der Waals surface area contributed by atoms with Crippen molar-refractivity contribution in [3.8, 4) is 0 Å². The fourth-order valence-electron chi connectivity index (χ4n) is 2.34. The van der Waals surface area contributed by atoms with E-state index in [2.05, 4.69) is 15.5 Å². The van der Waals surface area contributed by atoms with Crippen molar-refractivity contribution < 1.29 is 9.72 Å². The molecule has 2 aromatic carbocycles. The van der Waals surface area contributed by atoms with Crippen LogP contribution in [-0.4, -0.2) is 21.5 Å². The molecule has 0 atom stereocenters. The van der Waals surface area contributed by atoms with Crippen LogP contribution in [-0.2, 0) is 0 Å². The van der Waals surface area contributed by atoms with Crippen molar-refractivity contribution in [3.05, 3.63) is 76.0 Å². The van der Waals surface area contributed by atoms with Gasteiger partial charge in [-0.15, -0.1) is 0 Å². The van der Waals surface area contributed by atoms with E-state index >= 15 is 0 Å². The van der Waals surface area contributed by atoms with Gasteiger partial charge >= 0.3 is 0 Å². The maximum absolute atomic E-state index is 12.3. The number of nitro groups is 1. The number of fused-ring (bicyclic) bond motifs is 1. The lowest BCUT2D eigenvalue weighted by atomic mass is 10.1. The Labute approximate surface area is 137 Å². The molecule has 0 unspecified atom stereocenters. The van der Waals surface area contributed by atoms with E-state index in [1.54, 1.807) is 25.3 Å². The number of nitrogens with zero attached hydrogens (tertiary/aromatic N) is 2. The monoisotopic (exact) mass is 322 g/mol. The lowest BCUT2D eigenvalue weighted by Gasteiger charge is -2.02. The maximum atomic E-state index is 12.3. The summed E-state index contributed by atoms with van der Waals surface area (Å²) in [5, 5.41) is 15.5. The zero-order valence-electron chi connectivity index (χ0n) is 12.8. The number of nitrogens with one attached hydrogen (secondary N) is 2. The zero-order chi connectivity index (χ0) is 17.1. The molecule has 0 bridgehead atoms. The Morgan fingerprint density at radius 2 is 1.88 bits per heavy atom. The van der Waals surface area contributed by atoms with Gasteiger partial charge in [0.2, 0.25) is 0 Å². The first-order chi connectivity index (χ1) is 11.6. The van der Waals surface area contributed by atoms with Crippen LogP contribution in [0.2, 0.25) is 0 Å². The number of amides is 1. The van der Waals surface area contributed by atoms with E-state index in [0.29, 0.717) is 16.8 Å². The predicted molar refractivity (Wildman–Crippen MR) is 91.1 cm³/mol. The van der Waals surface area contributed by atoms with Crippen LogP contribution in [0.3, 0.4) is 0 Å². The largest absolute Gasteiger partial charge is 0.360 e. The molecule has 24 heavy (non-hydrogen) atoms. The van der Waals surface area contributed by atoms with Gasteiger partial charge in [0.15, 0.2) is 0 Å². The third-order valence-corrected chi connectivity index (χ3v) is 3.65. The van der Waals surface area contributed by atoms with E-state index in [0.717, 1.165) is 10.9 Å². The molecule has 1 amide bonds. The van der Waals surface area contributed by atoms with Crippen LogP contribution in [0.5, 0.6) is 0 Å². The molecule has 0 saturated carbocycles. The number of aromatic amines is 1. The fourth-order valence-corrected chi connectivity index (χ4v) is 2.34. The number of hydrazone groups is 1. The summed E-state index contributed by atoms with van der Waals surface area (Å²) < 4.78 is 0. The van der Waals surface area contributed by atoms with Gasteiger partial charge < -0.3 is 4.98 Å². The van der Waals surface area contributed by atoms with E-state index in [1.165, 1.54) is 12.1 Å². The van der Waals surface area contributed by atoms with Crippen LogP contribution in [0.15, 0.2) is 59.8 Å². The Morgan fingerprint density at radius 1 is 1.17 bits per heavy atom. The van der Waals surface area contributed by atoms with Crippen LogP contribution in [0.4, 0.5) is 5.69 Å². The van der Waals surface area contributed by atoms with Gasteiger partial charge in [0.25, 0.3) is 11.6 Å². The highest BCUT2D eigenvalue weighted by atomic mass is 16.6. The average molecular weight is 322 g/mol. The maximum Gasteiger partial charge on any atom is 0.273 e. The van der Waals surface area contributed by atoms with E-state index in [4.69, 9.17) is 0 Å². The number of para-hydroxylation sites is 1. The standard InChI is InChI=1S/C17H14N4O3/c1-11(12-6-8-13(9-7-12)21(23)24)19-20-17(22)15-10-18-16-5-3-2-4-14(15)16/h2-10,18H,1H3,(H,20,22)/b19-11-. The van der Waals surface area contributed by atoms with E-state index < -0.39 is 4.92 Å². The second-order valence-corrected chi connectivity index (χ2v) is 5.19. The number of hydrogen-bond acceptors (Lipinski definition) is 4. The number of benzene rings is 2. The van der Waals surface area contributed by atoms with Crippen molar-refractivity contribution in [1.82, 2.24) is 10.4 Å². The molecule has 0 radical (unpaired) electrons. The van der Waals surface area contributed by atoms with Gasteiger partial charge in [-0.05, 0) is 30.7 Å². The summed E-state index contributed by atoms with van der Waals surface area (Å²) in [4.78, 5) is 25.5. The van der Waals surface area contributed by atoms with E-state index in [-0.39, 0.29) is 11.6 Å². The van der Waals surface area contributed by atoms with Gasteiger partial charge in [0, 0.05) is 29.2 Å². The SMILES string of the molecule is C/C(=N/NC(=O)c1c[nH]c2ccccc12)c1ccc([N+](=O)[O-])cc1. The van der Waals surface area contributed by atoms with Crippen molar-refractivity contribution in [1.29, 1.82) is 0 Å². The summed E-state index contributed by atoms with van der Waals surface area (Å²) in [6, 6.07) is 13.5. The molecule has 1 heterocycles. The number of nitro benzene ring substituents is 1. The molecular formula is C17H14N4O3. The molecule has 0 aliphatic heterocycles. The third kappa shape index (κ3) is 3.00. The Morgan fingerprint density at radius 3 is 2.58 bits per heavy atom. The second kappa shape index (κ2) is 6.33. The molecular weight excluding hydrogens is 308 g/mol. The number of aromatic nitrogens is 1. The highest BCUT2D eigenvalue weighted by Gasteiger charge is 2.11. The minimum Gasteiger partial charge on any atom is -0.360 e. The quantitative estimate of drug-likeness (QED) is 0.438. The molecule has 7 heteroatoms. The van der Waals surface area contributed by atoms with Gasteiger partial charge in [-0.1, -0.05) is 18.2 Å². The molecule has 0 saturated heterocycles. The van der Waals surface area contributed by atoms with Crippen molar-refractivity contribution in [2.45, 2.75) is 6.92 Å². The van der Waals surface area contributed by atoms with Crippen LogP contribution in [0, 0.1) is 10.1 Å². The zero-order valence-corrected chi connectivity index (χ0v) is 12.8. The number of H-pyrrole nitrogens is 1. The summed E-state index contributed by atoms with van der Waals surface area (Å²) in [7, 11) is 0. The number of hydrogen-bond donors (Lipinski definition) is 2. The van der Waals surface area contributed by atoms with Crippen LogP contribution < -0.4 is 5.43 Å². The second-order valence-electron chi connectivity index (χ2n) is 5.19. The summed E-state index contributed by atoms with van der Waals surface area (Å²) in [5.74, 6) is -0.325. The lowest BCUT2D eigenvalue weighted by Crippen LogP contribution is -2.19. The minimum absolute atomic E-state index is 0.00868. The molecule has 3 rings (SSSR count). The Kier molecular flexibility index (Phi) is 4.07. The number of non-ortho nitro benzene ring substituents is 1. The van der Waals surface area contributed by atoms with Crippen molar-refractivity contribution in [3.63, 3.8) is 0 Å². The average Bonchev–Trinajstić information content (AvgIpc) is 3.03. The summed E-state index contributed by atoms with van der Waals surface area (Å²) >= 11 is 0. The number of rotatable bonds is 4. The third-order valence-electron chi connectivity index (χ3n) is 3.65. The Hall–Kier alpha value is -3.48. The Bertz CT molecular complexity index is 942. The lowest BCUT2D eigenvalue weighted by molar-refractivity contribution is -0.384. The van der Waals surface area contributed by atoms with Gasteiger partial charge in [-0.25, -0.2) is 5.43 Å². The molecule has 0 fully saturated rings. The van der Waals surface area contributed by atoms with Gasteiger partial charge in [0.05, 0.1) is 16.2 Å². The van der Waals surface area contributed by atoms with Crippen LogP contribution in [0.25, 0.3) is 10.9 Å². The molecule has 7 nitrogen and oxygen atoms in total. The predicted octanol–water partition coefficient (Wildman–Crippen LogP) is 3.23. The van der Waals surface area contributed by atoms with E-state index in [9.17, 15) is 14.9 Å². The van der Waals surface area contributed by atoms with E-state index in [1.807, 2.05) is 24.3 Å². The topological polar surface area (TPSA) is 100 Å². The molecule has 1 aromatic heterocycles. The van der Waals surface area contributed by atoms with Crippen molar-refractivity contribution in [2.24, 2.45) is 5.10 Å². The number of carbonyl (C=O) groups is 1. The summed E-state index contributed by atoms with van der Waals surface area (Å²) in [5.41, 5.74) is 5.14. The first-order valence-electron chi connectivity index (χ1n) is 7.22. The Balaban J connectivity index is 1.77. The van der Waals surface area contributed by atoms with Gasteiger partial charge in [-0.2, -0.15) is 5.10 Å². The van der Waals surface area contributed by atoms with Gasteiger partial charge in [-0.3, -0.25) is 14.9 Å². The highest BCUT2D eigenvalue weighted by Crippen LogP contribution is 2.17. The fraction of sp³-hybridized carbons (Fsp3) is 0.0588. The van der Waals surface area contributed by atoms with Crippen molar-refractivity contribution >= 4 is 28.2 Å². The molecule has 3 aromatic rings. The van der Waals surface area contributed by atoms with Crippen LogP contribution >= 0.6 is 0 Å².